The first-order valence-corrected chi connectivity index (χ1v) is 5.39. The van der Waals surface area contributed by atoms with Gasteiger partial charge in [-0.1, -0.05) is 20.8 Å². The van der Waals surface area contributed by atoms with Crippen LogP contribution in [0.3, 0.4) is 0 Å². The Labute approximate surface area is 82.3 Å². The molecule has 0 atom stereocenters. The fourth-order valence-corrected chi connectivity index (χ4v) is 2.33. The highest BCUT2D eigenvalue weighted by Gasteiger charge is 2.42. The molecule has 1 fully saturated rings. The number of methoxy groups -OCH3 is 1. The first-order valence-electron chi connectivity index (χ1n) is 5.39. The normalized spacial score (nSPS) is 21.9. The standard InChI is InChI=1S/C11H23NO/c1-5-6-12-8-11(9-12,13-4)7-10(2)3/h10H,5-9H2,1-4H3. The van der Waals surface area contributed by atoms with E-state index in [1.54, 1.807) is 0 Å². The Balaban J connectivity index is 2.31. The molecule has 0 aromatic rings. The number of hydrogen-bond donors (Lipinski definition) is 0. The van der Waals surface area contributed by atoms with E-state index in [0.29, 0.717) is 0 Å². The Bertz CT molecular complexity index is 150. The maximum absolute atomic E-state index is 5.62. The van der Waals surface area contributed by atoms with Gasteiger partial charge in [0.2, 0.25) is 0 Å². The third-order valence-corrected chi connectivity index (χ3v) is 2.78. The number of likely N-dealkylation sites (tertiary alicyclic amines) is 1. The number of ether oxygens (including phenoxy) is 1. The van der Waals surface area contributed by atoms with E-state index in [-0.39, 0.29) is 5.60 Å². The molecule has 2 nitrogen and oxygen atoms in total. The van der Waals surface area contributed by atoms with E-state index in [4.69, 9.17) is 4.74 Å². The molecule has 13 heavy (non-hydrogen) atoms. The molecule has 0 N–H and O–H groups in total. The van der Waals surface area contributed by atoms with E-state index in [2.05, 4.69) is 25.7 Å². The average molecular weight is 185 g/mol. The maximum Gasteiger partial charge on any atom is 0.0933 e. The van der Waals surface area contributed by atoms with Crippen LogP contribution in [-0.4, -0.2) is 37.2 Å². The van der Waals surface area contributed by atoms with Gasteiger partial charge in [-0.25, -0.2) is 0 Å². The van der Waals surface area contributed by atoms with Gasteiger partial charge in [0.15, 0.2) is 0 Å². The Morgan fingerprint density at radius 3 is 2.38 bits per heavy atom. The van der Waals surface area contributed by atoms with Gasteiger partial charge in [0.25, 0.3) is 0 Å². The van der Waals surface area contributed by atoms with Gasteiger partial charge >= 0.3 is 0 Å². The first kappa shape index (κ1) is 11.0. The van der Waals surface area contributed by atoms with Crippen LogP contribution in [0.1, 0.15) is 33.6 Å². The van der Waals surface area contributed by atoms with Gasteiger partial charge in [0, 0.05) is 20.2 Å². The summed E-state index contributed by atoms with van der Waals surface area (Å²) < 4.78 is 5.62. The van der Waals surface area contributed by atoms with Gasteiger partial charge in [0.05, 0.1) is 5.60 Å². The molecule has 0 bridgehead atoms. The summed E-state index contributed by atoms with van der Waals surface area (Å²) in [4.78, 5) is 2.48. The summed E-state index contributed by atoms with van der Waals surface area (Å²) in [7, 11) is 1.85. The number of nitrogens with zero attached hydrogens (tertiary/aromatic N) is 1. The summed E-state index contributed by atoms with van der Waals surface area (Å²) >= 11 is 0. The molecule has 0 aliphatic carbocycles. The number of rotatable bonds is 5. The van der Waals surface area contributed by atoms with Gasteiger partial charge in [-0.2, -0.15) is 0 Å². The minimum Gasteiger partial charge on any atom is -0.376 e. The molecular formula is C11H23NO. The van der Waals surface area contributed by atoms with Crippen LogP contribution in [0, 0.1) is 5.92 Å². The van der Waals surface area contributed by atoms with Crippen molar-refractivity contribution in [2.24, 2.45) is 5.92 Å². The topological polar surface area (TPSA) is 12.5 Å². The molecule has 0 aromatic heterocycles. The zero-order valence-electron chi connectivity index (χ0n) is 9.47. The van der Waals surface area contributed by atoms with Crippen molar-refractivity contribution >= 4 is 0 Å². The predicted octanol–water partition coefficient (Wildman–Crippen LogP) is 2.14. The third kappa shape index (κ3) is 2.68. The van der Waals surface area contributed by atoms with Crippen molar-refractivity contribution in [3.05, 3.63) is 0 Å². The zero-order chi connectivity index (χ0) is 9.90. The lowest BCUT2D eigenvalue weighted by Gasteiger charge is -2.50. The summed E-state index contributed by atoms with van der Waals surface area (Å²) in [6, 6.07) is 0. The molecule has 0 saturated carbocycles. The maximum atomic E-state index is 5.62. The molecule has 2 heteroatoms. The monoisotopic (exact) mass is 185 g/mol. The molecule has 0 amide bonds. The highest BCUT2D eigenvalue weighted by Crippen LogP contribution is 2.30. The van der Waals surface area contributed by atoms with Crippen LogP contribution in [0.4, 0.5) is 0 Å². The van der Waals surface area contributed by atoms with Crippen molar-refractivity contribution in [3.63, 3.8) is 0 Å². The van der Waals surface area contributed by atoms with E-state index in [0.717, 1.165) is 19.0 Å². The van der Waals surface area contributed by atoms with Crippen molar-refractivity contribution in [2.75, 3.05) is 26.7 Å². The average Bonchev–Trinajstić information content (AvgIpc) is 1.99. The summed E-state index contributed by atoms with van der Waals surface area (Å²) in [5, 5.41) is 0. The van der Waals surface area contributed by atoms with E-state index < -0.39 is 0 Å². The van der Waals surface area contributed by atoms with E-state index in [1.807, 2.05) is 7.11 Å². The van der Waals surface area contributed by atoms with Gasteiger partial charge in [-0.05, 0) is 25.3 Å². The SMILES string of the molecule is CCCN1CC(CC(C)C)(OC)C1. The molecule has 1 saturated heterocycles. The molecule has 1 rings (SSSR count). The predicted molar refractivity (Wildman–Crippen MR) is 55.9 cm³/mol. The largest absolute Gasteiger partial charge is 0.376 e. The van der Waals surface area contributed by atoms with Crippen LogP contribution in [0.2, 0.25) is 0 Å². The molecule has 0 spiro atoms. The molecule has 1 aliphatic heterocycles. The minimum absolute atomic E-state index is 0.184. The Hall–Kier alpha value is -0.0800. The highest BCUT2D eigenvalue weighted by molar-refractivity contribution is 4.97. The molecule has 0 unspecified atom stereocenters. The fourth-order valence-electron chi connectivity index (χ4n) is 2.33. The summed E-state index contributed by atoms with van der Waals surface area (Å²) in [5.74, 6) is 0.740. The van der Waals surface area contributed by atoms with Crippen molar-refractivity contribution in [1.82, 2.24) is 4.90 Å². The Morgan fingerprint density at radius 1 is 1.38 bits per heavy atom. The molecule has 0 radical (unpaired) electrons. The minimum atomic E-state index is 0.184. The van der Waals surface area contributed by atoms with Crippen molar-refractivity contribution in [2.45, 2.75) is 39.2 Å². The summed E-state index contributed by atoms with van der Waals surface area (Å²) in [6.07, 6.45) is 2.45. The quantitative estimate of drug-likeness (QED) is 0.650. The second kappa shape index (κ2) is 4.43. The Morgan fingerprint density at radius 2 is 2.00 bits per heavy atom. The fraction of sp³-hybridized carbons (Fsp3) is 1.00. The molecule has 0 aromatic carbocycles. The second-order valence-corrected chi connectivity index (χ2v) is 4.70. The first-order chi connectivity index (χ1) is 6.12. The van der Waals surface area contributed by atoms with Crippen LogP contribution in [0.15, 0.2) is 0 Å². The summed E-state index contributed by atoms with van der Waals surface area (Å²) in [5.41, 5.74) is 0.184. The molecule has 1 heterocycles. The van der Waals surface area contributed by atoms with Gasteiger partial charge in [-0.15, -0.1) is 0 Å². The lowest BCUT2D eigenvalue weighted by Crippen LogP contribution is -2.63. The smallest absolute Gasteiger partial charge is 0.0933 e. The van der Waals surface area contributed by atoms with Gasteiger partial charge < -0.3 is 4.74 Å². The Kier molecular flexibility index (Phi) is 3.74. The van der Waals surface area contributed by atoms with Crippen molar-refractivity contribution in [3.8, 4) is 0 Å². The molecule has 1 aliphatic rings. The van der Waals surface area contributed by atoms with Crippen LogP contribution in [0.5, 0.6) is 0 Å². The molecule has 78 valence electrons. The third-order valence-electron chi connectivity index (χ3n) is 2.78. The van der Waals surface area contributed by atoms with Gasteiger partial charge in [0.1, 0.15) is 0 Å². The van der Waals surface area contributed by atoms with Crippen LogP contribution in [0.25, 0.3) is 0 Å². The van der Waals surface area contributed by atoms with Crippen LogP contribution >= 0.6 is 0 Å². The lowest BCUT2D eigenvalue weighted by molar-refractivity contribution is -0.134. The van der Waals surface area contributed by atoms with Crippen molar-refractivity contribution in [1.29, 1.82) is 0 Å². The number of hydrogen-bond acceptors (Lipinski definition) is 2. The van der Waals surface area contributed by atoms with Crippen LogP contribution < -0.4 is 0 Å². The van der Waals surface area contributed by atoms with E-state index >= 15 is 0 Å². The van der Waals surface area contributed by atoms with E-state index in [9.17, 15) is 0 Å². The summed E-state index contributed by atoms with van der Waals surface area (Å²) in [6.45, 7) is 10.3. The lowest BCUT2D eigenvalue weighted by atomic mass is 9.85. The van der Waals surface area contributed by atoms with E-state index in [1.165, 1.54) is 19.4 Å². The second-order valence-electron chi connectivity index (χ2n) is 4.70. The van der Waals surface area contributed by atoms with Crippen LogP contribution in [-0.2, 0) is 4.74 Å². The molecular weight excluding hydrogens is 162 g/mol. The zero-order valence-corrected chi connectivity index (χ0v) is 9.47. The highest BCUT2D eigenvalue weighted by atomic mass is 16.5. The van der Waals surface area contributed by atoms with Gasteiger partial charge in [-0.3, -0.25) is 4.90 Å². The van der Waals surface area contributed by atoms with Crippen molar-refractivity contribution < 1.29 is 4.74 Å².